The number of hydrogen-bond donors (Lipinski definition) is 1. The average Bonchev–Trinajstić information content (AvgIpc) is 3.00. The maximum Gasteiger partial charge on any atom is 0.109 e. The first-order valence-corrected chi connectivity index (χ1v) is 7.42. The van der Waals surface area contributed by atoms with Gasteiger partial charge in [-0.25, -0.2) is 0 Å². The fourth-order valence-corrected chi connectivity index (χ4v) is 3.46. The van der Waals surface area contributed by atoms with Gasteiger partial charge in [-0.05, 0) is 25.3 Å². The Labute approximate surface area is 123 Å². The van der Waals surface area contributed by atoms with Gasteiger partial charge in [-0.3, -0.25) is 4.68 Å². The van der Waals surface area contributed by atoms with Gasteiger partial charge < -0.3 is 9.52 Å². The first kappa shape index (κ1) is 13.7. The van der Waals surface area contributed by atoms with E-state index in [9.17, 15) is 5.11 Å². The summed E-state index contributed by atoms with van der Waals surface area (Å²) in [6, 6.07) is 1.87. The molecule has 2 heterocycles. The Morgan fingerprint density at radius 3 is 3.05 bits per heavy atom. The predicted octanol–water partition coefficient (Wildman–Crippen LogP) is 3.00. The van der Waals surface area contributed by atoms with E-state index >= 15 is 0 Å². The summed E-state index contributed by atoms with van der Waals surface area (Å²) in [6.45, 7) is 2.03. The summed E-state index contributed by atoms with van der Waals surface area (Å²) >= 11 is 6.39. The molecule has 20 heavy (non-hydrogen) atoms. The van der Waals surface area contributed by atoms with E-state index in [0.717, 1.165) is 48.4 Å². The highest BCUT2D eigenvalue weighted by Crippen LogP contribution is 2.39. The Hall–Kier alpha value is -1.26. The van der Waals surface area contributed by atoms with E-state index in [-0.39, 0.29) is 0 Å². The van der Waals surface area contributed by atoms with Crippen molar-refractivity contribution in [3.8, 4) is 0 Å². The van der Waals surface area contributed by atoms with E-state index in [2.05, 4.69) is 5.10 Å². The summed E-state index contributed by atoms with van der Waals surface area (Å²) in [5, 5.41) is 16.1. The zero-order valence-electron chi connectivity index (χ0n) is 11.8. The normalized spacial score (nSPS) is 22.0. The summed E-state index contributed by atoms with van der Waals surface area (Å²) in [7, 11) is 1.88. The molecule has 0 saturated carbocycles. The van der Waals surface area contributed by atoms with Crippen LogP contribution in [0.2, 0.25) is 5.02 Å². The van der Waals surface area contributed by atoms with Crippen LogP contribution in [0, 0.1) is 0 Å². The predicted molar refractivity (Wildman–Crippen MR) is 76.8 cm³/mol. The summed E-state index contributed by atoms with van der Waals surface area (Å²) in [5.41, 5.74) is 1.78. The number of hydrogen-bond acceptors (Lipinski definition) is 3. The molecule has 5 heteroatoms. The van der Waals surface area contributed by atoms with Gasteiger partial charge in [-0.2, -0.15) is 5.10 Å². The van der Waals surface area contributed by atoms with Crippen molar-refractivity contribution >= 4 is 11.6 Å². The molecule has 0 saturated heterocycles. The van der Waals surface area contributed by atoms with Crippen LogP contribution in [-0.4, -0.2) is 14.9 Å². The molecule has 0 spiro atoms. The van der Waals surface area contributed by atoms with Crippen LogP contribution in [0.4, 0.5) is 0 Å². The minimum absolute atomic E-state index is 0.474. The lowest BCUT2D eigenvalue weighted by atomic mass is 9.80. The van der Waals surface area contributed by atoms with Gasteiger partial charge in [0.25, 0.3) is 0 Å². The lowest BCUT2D eigenvalue weighted by Crippen LogP contribution is -2.33. The van der Waals surface area contributed by atoms with Crippen LogP contribution in [0.15, 0.2) is 16.7 Å². The Morgan fingerprint density at radius 2 is 2.35 bits per heavy atom. The van der Waals surface area contributed by atoms with Gasteiger partial charge in [0.2, 0.25) is 0 Å². The van der Waals surface area contributed by atoms with Gasteiger partial charge in [-0.15, -0.1) is 0 Å². The molecule has 108 valence electrons. The van der Waals surface area contributed by atoms with Crippen LogP contribution in [0.1, 0.15) is 42.5 Å². The minimum Gasteiger partial charge on any atom is -0.469 e. The monoisotopic (exact) mass is 294 g/mol. The third-order valence-electron chi connectivity index (χ3n) is 4.20. The molecule has 1 N–H and O–H groups in total. The molecule has 2 aromatic rings. The standard InChI is InChI=1S/C15H19ClN2O2/c1-3-11-14(16)12(18(2)17-11)9-15(19)7-4-5-13-10(15)6-8-20-13/h6,8,19H,3-5,7,9H2,1-2H3. The van der Waals surface area contributed by atoms with Gasteiger partial charge in [0, 0.05) is 25.5 Å². The average molecular weight is 295 g/mol. The van der Waals surface area contributed by atoms with E-state index in [4.69, 9.17) is 16.0 Å². The number of nitrogens with zero attached hydrogens (tertiary/aromatic N) is 2. The van der Waals surface area contributed by atoms with E-state index in [1.165, 1.54) is 0 Å². The summed E-state index contributed by atoms with van der Waals surface area (Å²) in [6.07, 6.45) is 5.47. The van der Waals surface area contributed by atoms with Gasteiger partial charge in [0.1, 0.15) is 5.76 Å². The van der Waals surface area contributed by atoms with Crippen molar-refractivity contribution in [1.82, 2.24) is 9.78 Å². The first-order valence-electron chi connectivity index (χ1n) is 7.04. The van der Waals surface area contributed by atoms with Crippen LogP contribution in [0.3, 0.4) is 0 Å². The SMILES string of the molecule is CCc1nn(C)c(CC2(O)CCCc3occc32)c1Cl. The number of furan rings is 1. The summed E-state index contributed by atoms with van der Waals surface area (Å²) < 4.78 is 7.25. The summed E-state index contributed by atoms with van der Waals surface area (Å²) in [5.74, 6) is 0.896. The molecular formula is C15H19ClN2O2. The zero-order valence-corrected chi connectivity index (χ0v) is 12.6. The minimum atomic E-state index is -0.900. The molecular weight excluding hydrogens is 276 g/mol. The van der Waals surface area contributed by atoms with E-state index in [1.807, 2.05) is 20.0 Å². The van der Waals surface area contributed by atoms with Gasteiger partial charge in [-0.1, -0.05) is 18.5 Å². The second-order valence-electron chi connectivity index (χ2n) is 5.50. The molecule has 1 unspecified atom stereocenters. The van der Waals surface area contributed by atoms with Gasteiger partial charge >= 0.3 is 0 Å². The smallest absolute Gasteiger partial charge is 0.109 e. The maximum atomic E-state index is 11.0. The quantitative estimate of drug-likeness (QED) is 0.947. The van der Waals surface area contributed by atoms with Crippen molar-refractivity contribution < 1.29 is 9.52 Å². The van der Waals surface area contributed by atoms with Crippen LogP contribution in [-0.2, 0) is 31.9 Å². The lowest BCUT2D eigenvalue weighted by Gasteiger charge is -2.31. The van der Waals surface area contributed by atoms with Crippen LogP contribution in [0.5, 0.6) is 0 Å². The fourth-order valence-electron chi connectivity index (χ4n) is 3.10. The molecule has 3 rings (SSSR count). The number of aliphatic hydroxyl groups is 1. The Morgan fingerprint density at radius 1 is 1.55 bits per heavy atom. The fraction of sp³-hybridized carbons (Fsp3) is 0.533. The molecule has 1 atom stereocenters. The molecule has 0 fully saturated rings. The Kier molecular flexibility index (Phi) is 3.38. The molecule has 1 aliphatic rings. The third-order valence-corrected chi connectivity index (χ3v) is 4.64. The van der Waals surface area contributed by atoms with E-state index < -0.39 is 5.60 Å². The third kappa shape index (κ3) is 2.07. The number of rotatable bonds is 3. The number of halogens is 1. The highest BCUT2D eigenvalue weighted by Gasteiger charge is 2.38. The van der Waals surface area contributed by atoms with Crippen molar-refractivity contribution in [1.29, 1.82) is 0 Å². The zero-order chi connectivity index (χ0) is 14.3. The van der Waals surface area contributed by atoms with Crippen LogP contribution < -0.4 is 0 Å². The van der Waals surface area contributed by atoms with Crippen molar-refractivity contribution in [3.63, 3.8) is 0 Å². The highest BCUT2D eigenvalue weighted by molar-refractivity contribution is 6.31. The van der Waals surface area contributed by atoms with Crippen molar-refractivity contribution in [2.24, 2.45) is 7.05 Å². The largest absolute Gasteiger partial charge is 0.469 e. The molecule has 0 radical (unpaired) electrons. The molecule has 0 amide bonds. The Balaban J connectivity index is 1.98. The van der Waals surface area contributed by atoms with E-state index in [1.54, 1.807) is 10.9 Å². The molecule has 4 nitrogen and oxygen atoms in total. The molecule has 0 aliphatic heterocycles. The topological polar surface area (TPSA) is 51.2 Å². The molecule has 0 bridgehead atoms. The molecule has 0 aromatic carbocycles. The van der Waals surface area contributed by atoms with Crippen LogP contribution in [0.25, 0.3) is 0 Å². The molecule has 2 aromatic heterocycles. The molecule has 1 aliphatic carbocycles. The van der Waals surface area contributed by atoms with Gasteiger partial charge in [0.15, 0.2) is 0 Å². The second kappa shape index (κ2) is 4.93. The first-order chi connectivity index (χ1) is 9.55. The van der Waals surface area contributed by atoms with E-state index in [0.29, 0.717) is 11.4 Å². The van der Waals surface area contributed by atoms with Crippen molar-refractivity contribution in [2.45, 2.75) is 44.6 Å². The summed E-state index contributed by atoms with van der Waals surface area (Å²) in [4.78, 5) is 0. The second-order valence-corrected chi connectivity index (χ2v) is 5.88. The van der Waals surface area contributed by atoms with Crippen molar-refractivity contribution in [2.75, 3.05) is 0 Å². The number of aryl methyl sites for hydroxylation is 3. The number of fused-ring (bicyclic) bond motifs is 1. The van der Waals surface area contributed by atoms with Crippen LogP contribution >= 0.6 is 11.6 Å². The lowest BCUT2D eigenvalue weighted by molar-refractivity contribution is 0.0151. The number of aromatic nitrogens is 2. The van der Waals surface area contributed by atoms with Crippen molar-refractivity contribution in [3.05, 3.63) is 40.1 Å². The Bertz CT molecular complexity index is 632. The highest BCUT2D eigenvalue weighted by atomic mass is 35.5. The van der Waals surface area contributed by atoms with Gasteiger partial charge in [0.05, 0.1) is 28.3 Å². The maximum absolute atomic E-state index is 11.0.